The van der Waals surface area contributed by atoms with E-state index in [-0.39, 0.29) is 24.6 Å². The Morgan fingerprint density at radius 3 is 2.50 bits per heavy atom. The van der Waals surface area contributed by atoms with Crippen molar-refractivity contribution in [2.24, 2.45) is 0 Å². The summed E-state index contributed by atoms with van der Waals surface area (Å²) in [6, 6.07) is 24.9. The van der Waals surface area contributed by atoms with Crippen molar-refractivity contribution in [3.63, 3.8) is 0 Å². The largest absolute Gasteiger partial charge is 0.484 e. The number of hydrogen-bond acceptors (Lipinski definition) is 5. The van der Waals surface area contributed by atoms with Crippen LogP contribution in [0.25, 0.3) is 0 Å². The van der Waals surface area contributed by atoms with Crippen LogP contribution in [-0.4, -0.2) is 40.9 Å². The van der Waals surface area contributed by atoms with Gasteiger partial charge in [0.05, 0.1) is 24.4 Å². The zero-order valence-corrected chi connectivity index (χ0v) is 23.7. The second-order valence-corrected chi connectivity index (χ2v) is 10.1. The molecule has 9 heteroatoms. The van der Waals surface area contributed by atoms with E-state index in [0.29, 0.717) is 23.2 Å². The number of para-hydroxylation sites is 1. The maximum Gasteiger partial charge on any atom is 0.262 e. The van der Waals surface area contributed by atoms with Gasteiger partial charge in [0.1, 0.15) is 5.75 Å². The summed E-state index contributed by atoms with van der Waals surface area (Å²) in [6.45, 7) is 5.59. The number of amides is 1. The van der Waals surface area contributed by atoms with Gasteiger partial charge in [-0.3, -0.25) is 9.78 Å². The average Bonchev–Trinajstić information content (AvgIpc) is 3.46. The van der Waals surface area contributed by atoms with Crippen molar-refractivity contribution in [1.82, 2.24) is 14.9 Å². The molecule has 8 nitrogen and oxygen atoms in total. The van der Waals surface area contributed by atoms with Crippen LogP contribution in [0.3, 0.4) is 0 Å². The standard InChI is InChI=1S/C31H33N5O3S/c1-21-19-26(22(2)35(21)17-18-38-3)30-29(27-11-7-8-16-32-27)34-31(40)36(30)24-14-12-23(13-15-24)33-28(37)20-39-25-9-5-4-6-10-25/h4-16,19,29-30H,17-18,20H2,1-3H3,(H,33,37)(H,34,40)/t29-,30-/m1/s1. The number of hydrogen-bond donors (Lipinski definition) is 2. The van der Waals surface area contributed by atoms with Crippen LogP contribution in [-0.2, 0) is 16.1 Å². The van der Waals surface area contributed by atoms with Crippen molar-refractivity contribution in [3.05, 3.63) is 108 Å². The zero-order valence-electron chi connectivity index (χ0n) is 22.8. The van der Waals surface area contributed by atoms with Crippen LogP contribution in [0, 0.1) is 13.8 Å². The van der Waals surface area contributed by atoms with Crippen molar-refractivity contribution < 1.29 is 14.3 Å². The maximum absolute atomic E-state index is 12.5. The number of carbonyl (C=O) groups is 1. The van der Waals surface area contributed by atoms with Gasteiger partial charge in [0.25, 0.3) is 5.91 Å². The van der Waals surface area contributed by atoms with Gasteiger partial charge in [-0.1, -0.05) is 24.3 Å². The Morgan fingerprint density at radius 2 is 1.80 bits per heavy atom. The number of nitrogens with zero attached hydrogens (tertiary/aromatic N) is 3. The number of methoxy groups -OCH3 is 1. The Labute approximate surface area is 239 Å². The van der Waals surface area contributed by atoms with E-state index < -0.39 is 0 Å². The fourth-order valence-electron chi connectivity index (χ4n) is 5.17. The fraction of sp³-hybridized carbons (Fsp3) is 0.258. The van der Waals surface area contributed by atoms with Crippen LogP contribution >= 0.6 is 12.2 Å². The zero-order chi connectivity index (χ0) is 28.1. The molecule has 3 heterocycles. The highest BCUT2D eigenvalue weighted by Crippen LogP contribution is 2.43. The first-order valence-electron chi connectivity index (χ1n) is 13.2. The molecule has 0 spiro atoms. The van der Waals surface area contributed by atoms with Crippen molar-refractivity contribution in [3.8, 4) is 5.75 Å². The van der Waals surface area contributed by atoms with E-state index in [4.69, 9.17) is 21.7 Å². The Morgan fingerprint density at radius 1 is 1.05 bits per heavy atom. The van der Waals surface area contributed by atoms with Gasteiger partial charge >= 0.3 is 0 Å². The summed E-state index contributed by atoms with van der Waals surface area (Å²) in [7, 11) is 1.72. The summed E-state index contributed by atoms with van der Waals surface area (Å²) in [5.74, 6) is 0.421. The Bertz CT molecular complexity index is 1460. The van der Waals surface area contributed by atoms with Gasteiger partial charge in [-0.2, -0.15) is 0 Å². The molecule has 2 aromatic heterocycles. The molecular formula is C31H33N5O3S. The third kappa shape index (κ3) is 5.85. The van der Waals surface area contributed by atoms with E-state index in [1.165, 1.54) is 11.3 Å². The first-order valence-corrected chi connectivity index (χ1v) is 13.6. The number of carbonyl (C=O) groups excluding carboxylic acids is 1. The lowest BCUT2D eigenvalue weighted by atomic mass is 9.96. The number of nitrogens with one attached hydrogen (secondary N) is 2. The van der Waals surface area contributed by atoms with E-state index >= 15 is 0 Å². The first kappa shape index (κ1) is 27.4. The minimum absolute atomic E-state index is 0.0710. The summed E-state index contributed by atoms with van der Waals surface area (Å²) in [5, 5.41) is 7.04. The Hall–Kier alpha value is -4.21. The molecule has 1 aliphatic rings. The minimum Gasteiger partial charge on any atom is -0.484 e. The molecule has 206 valence electrons. The molecule has 0 unspecified atom stereocenters. The lowest BCUT2D eigenvalue weighted by Gasteiger charge is -2.28. The summed E-state index contributed by atoms with van der Waals surface area (Å²) in [4.78, 5) is 19.3. The molecular weight excluding hydrogens is 522 g/mol. The van der Waals surface area contributed by atoms with Crippen molar-refractivity contribution >= 4 is 34.6 Å². The highest BCUT2D eigenvalue weighted by molar-refractivity contribution is 7.80. The lowest BCUT2D eigenvalue weighted by molar-refractivity contribution is -0.118. The summed E-state index contributed by atoms with van der Waals surface area (Å²) >= 11 is 5.89. The first-order chi connectivity index (χ1) is 19.5. The predicted molar refractivity (Wildman–Crippen MR) is 161 cm³/mol. The van der Waals surface area contributed by atoms with Crippen LogP contribution in [0.1, 0.15) is 34.7 Å². The van der Waals surface area contributed by atoms with Crippen molar-refractivity contribution in [2.75, 3.05) is 30.5 Å². The fourth-order valence-corrected chi connectivity index (χ4v) is 5.52. The van der Waals surface area contributed by atoms with Crippen LogP contribution in [0.15, 0.2) is 85.1 Å². The number of rotatable bonds is 10. The lowest BCUT2D eigenvalue weighted by Crippen LogP contribution is -2.29. The summed E-state index contributed by atoms with van der Waals surface area (Å²) in [6.07, 6.45) is 1.81. The molecule has 40 heavy (non-hydrogen) atoms. The molecule has 2 aromatic carbocycles. The molecule has 1 fully saturated rings. The molecule has 1 saturated heterocycles. The highest BCUT2D eigenvalue weighted by atomic mass is 32.1. The smallest absolute Gasteiger partial charge is 0.262 e. The second-order valence-electron chi connectivity index (χ2n) is 9.66. The summed E-state index contributed by atoms with van der Waals surface area (Å²) < 4.78 is 13.2. The van der Waals surface area contributed by atoms with Crippen LogP contribution in [0.5, 0.6) is 5.75 Å². The molecule has 5 rings (SSSR count). The molecule has 0 aliphatic carbocycles. The summed E-state index contributed by atoms with van der Waals surface area (Å²) in [5.41, 5.74) is 6.02. The van der Waals surface area contributed by atoms with Gasteiger partial charge in [-0.25, -0.2) is 0 Å². The molecule has 0 radical (unpaired) electrons. The normalized spacial score (nSPS) is 16.6. The van der Waals surface area contributed by atoms with E-state index in [1.807, 2.05) is 72.8 Å². The number of anilines is 2. The third-order valence-electron chi connectivity index (χ3n) is 7.09. The SMILES string of the molecule is COCCn1c(C)cc([C@@H]2[C@@H](c3ccccn3)NC(=S)N2c2ccc(NC(=O)COc3ccccc3)cc2)c1C. The van der Waals surface area contributed by atoms with Gasteiger partial charge in [0.15, 0.2) is 11.7 Å². The number of thiocarbonyl (C=S) groups is 1. The molecule has 2 atom stereocenters. The van der Waals surface area contributed by atoms with Gasteiger partial charge in [0.2, 0.25) is 0 Å². The third-order valence-corrected chi connectivity index (χ3v) is 7.41. The van der Waals surface area contributed by atoms with Crippen LogP contribution in [0.2, 0.25) is 0 Å². The molecule has 0 saturated carbocycles. The van der Waals surface area contributed by atoms with Crippen molar-refractivity contribution in [1.29, 1.82) is 0 Å². The van der Waals surface area contributed by atoms with E-state index in [1.54, 1.807) is 13.3 Å². The Balaban J connectivity index is 1.40. The predicted octanol–water partition coefficient (Wildman–Crippen LogP) is 5.34. The average molecular weight is 556 g/mol. The van der Waals surface area contributed by atoms with E-state index in [9.17, 15) is 4.79 Å². The number of benzene rings is 2. The van der Waals surface area contributed by atoms with E-state index in [2.05, 4.69) is 45.0 Å². The van der Waals surface area contributed by atoms with Gasteiger partial charge in [0, 0.05) is 42.6 Å². The molecule has 1 amide bonds. The number of aryl methyl sites for hydroxylation is 1. The van der Waals surface area contributed by atoms with Crippen LogP contribution < -0.4 is 20.3 Å². The van der Waals surface area contributed by atoms with Gasteiger partial charge in [-0.05, 0) is 86.2 Å². The second kappa shape index (κ2) is 12.3. The molecule has 2 N–H and O–H groups in total. The topological polar surface area (TPSA) is 80.7 Å². The van der Waals surface area contributed by atoms with Crippen molar-refractivity contribution in [2.45, 2.75) is 32.5 Å². The molecule has 4 aromatic rings. The van der Waals surface area contributed by atoms with E-state index in [0.717, 1.165) is 23.6 Å². The number of pyridine rings is 1. The Kier molecular flexibility index (Phi) is 8.42. The van der Waals surface area contributed by atoms with Gasteiger partial charge < -0.3 is 29.6 Å². The monoisotopic (exact) mass is 555 g/mol. The minimum atomic E-state index is -0.230. The van der Waals surface area contributed by atoms with Crippen LogP contribution in [0.4, 0.5) is 11.4 Å². The molecule has 1 aliphatic heterocycles. The molecule has 0 bridgehead atoms. The quantitative estimate of drug-likeness (QED) is 0.256. The number of aromatic nitrogens is 2. The highest BCUT2D eigenvalue weighted by Gasteiger charge is 2.42. The number of ether oxygens (including phenoxy) is 2. The maximum atomic E-state index is 12.5. The van der Waals surface area contributed by atoms with Gasteiger partial charge in [-0.15, -0.1) is 0 Å².